The molecule has 1 aliphatic rings. The molecule has 1 atom stereocenters. The maximum Gasteiger partial charge on any atom is 0.434 e. The number of fused-ring (bicyclic) bond motifs is 1. The standard InChI is InChI=1S/C28H28F3N7O4S/c1-3-32-27(42)36-23-9-16(25-35-22(14-43-25)28(29,30)31)18(10-34-23)20-8-17-21(11-33-20)38(13-19(24(17)39)26(40)41)12-15-6-5-7-37(15)4-2/h8-11,13-15H,3-7,12H2,1-2H3,(H,40,41)(H2,32,34,36,42)/t15-/m1/s1. The topological polar surface area (TPSA) is 142 Å². The minimum Gasteiger partial charge on any atom is -0.477 e. The van der Waals surface area contributed by atoms with Crippen molar-refractivity contribution in [3.63, 3.8) is 0 Å². The number of urea groups is 1. The second-order valence-electron chi connectivity index (χ2n) is 9.98. The lowest BCUT2D eigenvalue weighted by molar-refractivity contribution is -0.140. The van der Waals surface area contributed by atoms with Crippen molar-refractivity contribution in [1.29, 1.82) is 0 Å². The van der Waals surface area contributed by atoms with Crippen LogP contribution in [0.25, 0.3) is 32.7 Å². The molecule has 1 fully saturated rings. The van der Waals surface area contributed by atoms with Crippen LogP contribution in [0.5, 0.6) is 0 Å². The predicted molar refractivity (Wildman–Crippen MR) is 155 cm³/mol. The molecule has 11 nitrogen and oxygen atoms in total. The molecule has 3 N–H and O–H groups in total. The number of hydrogen-bond donors (Lipinski definition) is 3. The number of anilines is 1. The Morgan fingerprint density at radius 3 is 2.63 bits per heavy atom. The van der Waals surface area contributed by atoms with E-state index in [2.05, 4.69) is 37.4 Å². The summed E-state index contributed by atoms with van der Waals surface area (Å²) in [6.45, 7) is 6.34. The van der Waals surface area contributed by atoms with Gasteiger partial charge in [0, 0.05) is 48.0 Å². The molecule has 43 heavy (non-hydrogen) atoms. The van der Waals surface area contributed by atoms with E-state index in [4.69, 9.17) is 0 Å². The summed E-state index contributed by atoms with van der Waals surface area (Å²) in [7, 11) is 0. The van der Waals surface area contributed by atoms with Crippen LogP contribution in [-0.4, -0.2) is 67.2 Å². The molecule has 5 heterocycles. The van der Waals surface area contributed by atoms with Gasteiger partial charge in [-0.2, -0.15) is 13.2 Å². The van der Waals surface area contributed by atoms with Gasteiger partial charge in [0.25, 0.3) is 0 Å². The van der Waals surface area contributed by atoms with E-state index in [0.29, 0.717) is 18.6 Å². The van der Waals surface area contributed by atoms with E-state index in [1.807, 2.05) is 0 Å². The van der Waals surface area contributed by atoms with Crippen molar-refractivity contribution in [3.05, 3.63) is 57.6 Å². The number of pyridine rings is 3. The number of carbonyl (C=O) groups excluding carboxylic acids is 1. The van der Waals surface area contributed by atoms with Gasteiger partial charge in [-0.1, -0.05) is 6.92 Å². The van der Waals surface area contributed by atoms with Gasteiger partial charge in [-0.3, -0.25) is 20.0 Å². The van der Waals surface area contributed by atoms with Crippen molar-refractivity contribution in [3.8, 4) is 21.8 Å². The number of rotatable bonds is 8. The van der Waals surface area contributed by atoms with Crippen molar-refractivity contribution in [1.82, 2.24) is 29.7 Å². The molecule has 0 radical (unpaired) electrons. The fourth-order valence-electron chi connectivity index (χ4n) is 5.24. The normalized spacial score (nSPS) is 15.6. The van der Waals surface area contributed by atoms with Gasteiger partial charge in [-0.05, 0) is 45.0 Å². The van der Waals surface area contributed by atoms with E-state index < -0.39 is 34.9 Å². The van der Waals surface area contributed by atoms with Gasteiger partial charge in [-0.25, -0.2) is 19.6 Å². The Labute approximate surface area is 247 Å². The minimum absolute atomic E-state index is 0.0110. The lowest BCUT2D eigenvalue weighted by Gasteiger charge is -2.25. The van der Waals surface area contributed by atoms with Crippen LogP contribution in [0.4, 0.5) is 23.8 Å². The summed E-state index contributed by atoms with van der Waals surface area (Å²) in [5.74, 6) is -1.31. The monoisotopic (exact) mass is 615 g/mol. The molecule has 0 spiro atoms. The number of carbonyl (C=O) groups is 2. The molecule has 226 valence electrons. The molecule has 0 unspecified atom stereocenters. The number of carboxylic acids is 1. The number of amides is 2. The van der Waals surface area contributed by atoms with Gasteiger partial charge >= 0.3 is 18.2 Å². The van der Waals surface area contributed by atoms with E-state index in [1.54, 1.807) is 11.5 Å². The Morgan fingerprint density at radius 1 is 1.16 bits per heavy atom. The first-order chi connectivity index (χ1) is 20.5. The Bertz CT molecular complexity index is 1750. The van der Waals surface area contributed by atoms with Gasteiger partial charge in [0.15, 0.2) is 5.69 Å². The zero-order valence-corrected chi connectivity index (χ0v) is 24.1. The minimum atomic E-state index is -4.67. The summed E-state index contributed by atoms with van der Waals surface area (Å²) in [5, 5.41) is 15.8. The van der Waals surface area contributed by atoms with Crippen LogP contribution in [-0.2, 0) is 12.7 Å². The number of alkyl halides is 3. The van der Waals surface area contributed by atoms with E-state index in [9.17, 15) is 32.7 Å². The second-order valence-corrected chi connectivity index (χ2v) is 10.8. The first kappa shape index (κ1) is 30.1. The fourth-order valence-corrected chi connectivity index (χ4v) is 6.09. The highest BCUT2D eigenvalue weighted by molar-refractivity contribution is 7.13. The van der Waals surface area contributed by atoms with E-state index in [1.165, 1.54) is 30.7 Å². The third kappa shape index (κ3) is 6.22. The van der Waals surface area contributed by atoms with Crippen molar-refractivity contribution in [2.75, 3.05) is 25.0 Å². The van der Waals surface area contributed by atoms with Gasteiger partial charge in [-0.15, -0.1) is 11.3 Å². The van der Waals surface area contributed by atoms with Crippen LogP contribution in [0.2, 0.25) is 0 Å². The molecule has 0 bridgehead atoms. The first-order valence-electron chi connectivity index (χ1n) is 13.6. The third-order valence-electron chi connectivity index (χ3n) is 7.29. The predicted octanol–water partition coefficient (Wildman–Crippen LogP) is 4.92. The number of aromatic carboxylic acids is 1. The van der Waals surface area contributed by atoms with Crippen LogP contribution in [0.15, 0.2) is 40.9 Å². The number of nitrogens with zero attached hydrogens (tertiary/aromatic N) is 5. The third-order valence-corrected chi connectivity index (χ3v) is 8.17. The highest BCUT2D eigenvalue weighted by Gasteiger charge is 2.34. The van der Waals surface area contributed by atoms with Crippen LogP contribution >= 0.6 is 11.3 Å². The number of halogens is 3. The Hall–Kier alpha value is -4.37. The first-order valence-corrected chi connectivity index (χ1v) is 14.5. The van der Waals surface area contributed by atoms with Gasteiger partial charge in [0.1, 0.15) is 16.4 Å². The molecule has 2 amide bonds. The van der Waals surface area contributed by atoms with Crippen LogP contribution in [0.1, 0.15) is 42.7 Å². The molecule has 1 saturated heterocycles. The van der Waals surface area contributed by atoms with Crippen molar-refractivity contribution in [2.45, 2.75) is 45.5 Å². The summed E-state index contributed by atoms with van der Waals surface area (Å²) < 4.78 is 41.9. The summed E-state index contributed by atoms with van der Waals surface area (Å²) in [4.78, 5) is 52.3. The lowest BCUT2D eigenvalue weighted by atomic mass is 10.0. The average molecular weight is 616 g/mol. The highest BCUT2D eigenvalue weighted by Crippen LogP contribution is 2.38. The largest absolute Gasteiger partial charge is 0.477 e. The number of nitrogens with one attached hydrogen (secondary N) is 2. The SMILES string of the molecule is CCNC(=O)Nc1cc(-c2nc(C(F)(F)F)cs2)c(-c2cc3c(=O)c(C(=O)O)cn(C[C@H]4CCCN4CC)c3cn2)cn1. The summed E-state index contributed by atoms with van der Waals surface area (Å²) in [6, 6.07) is 2.40. The maximum atomic E-state index is 13.4. The molecule has 1 aliphatic heterocycles. The molecule has 0 saturated carbocycles. The number of hydrogen-bond acceptors (Lipinski definition) is 8. The molecule has 4 aromatic rings. The number of carboxylic acid groups (broad SMARTS) is 1. The van der Waals surface area contributed by atoms with Gasteiger partial charge in [0.2, 0.25) is 5.43 Å². The molecule has 0 aromatic carbocycles. The van der Waals surface area contributed by atoms with E-state index >= 15 is 0 Å². The Balaban J connectivity index is 1.65. The molecule has 4 aromatic heterocycles. The lowest BCUT2D eigenvalue weighted by Crippen LogP contribution is -2.33. The maximum absolute atomic E-state index is 13.4. The van der Waals surface area contributed by atoms with E-state index in [-0.39, 0.29) is 39.1 Å². The molecular formula is C28H28F3N7O4S. The second kappa shape index (κ2) is 12.1. The van der Waals surface area contributed by atoms with Crippen molar-refractivity contribution in [2.24, 2.45) is 0 Å². The summed E-state index contributed by atoms with van der Waals surface area (Å²) in [5.41, 5.74) is -1.16. The highest BCUT2D eigenvalue weighted by atomic mass is 32.1. The van der Waals surface area contributed by atoms with Crippen molar-refractivity contribution < 1.29 is 27.9 Å². The summed E-state index contributed by atoms with van der Waals surface area (Å²) in [6.07, 6.45) is 1.38. The van der Waals surface area contributed by atoms with Crippen LogP contribution < -0.4 is 16.1 Å². The number of thiazole rings is 1. The number of aromatic nitrogens is 4. The smallest absolute Gasteiger partial charge is 0.434 e. The summed E-state index contributed by atoms with van der Waals surface area (Å²) >= 11 is 0.749. The zero-order chi connectivity index (χ0) is 30.9. The molecule has 15 heteroatoms. The number of likely N-dealkylation sites (tertiary alicyclic amines) is 1. The van der Waals surface area contributed by atoms with E-state index in [0.717, 1.165) is 42.6 Å². The average Bonchev–Trinajstić information content (AvgIpc) is 3.64. The van der Waals surface area contributed by atoms with Crippen LogP contribution in [0.3, 0.4) is 0 Å². The van der Waals surface area contributed by atoms with Crippen LogP contribution in [0, 0.1) is 0 Å². The Kier molecular flexibility index (Phi) is 8.46. The quantitative estimate of drug-likeness (QED) is 0.254. The molecule has 0 aliphatic carbocycles. The number of likely N-dealkylation sites (N-methyl/N-ethyl adjacent to an activating group) is 1. The molecular weight excluding hydrogens is 587 g/mol. The zero-order valence-electron chi connectivity index (χ0n) is 23.2. The fraction of sp³-hybridized carbons (Fsp3) is 0.357. The van der Waals surface area contributed by atoms with Crippen molar-refractivity contribution >= 4 is 40.1 Å². The van der Waals surface area contributed by atoms with Gasteiger partial charge in [0.05, 0.1) is 22.8 Å². The molecule has 5 rings (SSSR count). The van der Waals surface area contributed by atoms with Gasteiger partial charge < -0.3 is 15.0 Å². The Morgan fingerprint density at radius 2 is 1.95 bits per heavy atom.